The Bertz CT molecular complexity index is 1340. The first-order valence-corrected chi connectivity index (χ1v) is 13.8. The molecule has 7 heteroatoms. The third-order valence-corrected chi connectivity index (χ3v) is 8.54. The molecule has 3 heterocycles. The van der Waals surface area contributed by atoms with Crippen molar-refractivity contribution in [3.8, 4) is 11.1 Å². The summed E-state index contributed by atoms with van der Waals surface area (Å²) in [5.41, 5.74) is 6.20. The van der Waals surface area contributed by atoms with Crippen molar-refractivity contribution >= 4 is 11.9 Å². The normalized spacial score (nSPS) is 24.3. The molecule has 0 saturated carbocycles. The molecule has 0 N–H and O–H groups in total. The van der Waals surface area contributed by atoms with Gasteiger partial charge in [-0.3, -0.25) is 9.69 Å². The van der Waals surface area contributed by atoms with Crippen molar-refractivity contribution < 1.29 is 28.5 Å². The lowest BCUT2D eigenvalue weighted by Crippen LogP contribution is -2.60. The number of ketones is 1. The smallest absolute Gasteiger partial charge is 0.410 e. The van der Waals surface area contributed by atoms with Crippen molar-refractivity contribution in [2.45, 2.75) is 37.1 Å². The Morgan fingerprint density at radius 2 is 1.33 bits per heavy atom. The summed E-state index contributed by atoms with van der Waals surface area (Å²) >= 11 is 0. The molecule has 1 amide bonds. The number of hydrogen-bond acceptors (Lipinski definition) is 6. The fourth-order valence-electron chi connectivity index (χ4n) is 6.78. The number of carbonyl (C=O) groups excluding carboxylic acids is 2. The topological polar surface area (TPSA) is 74.3 Å². The average molecular weight is 526 g/mol. The van der Waals surface area contributed by atoms with E-state index in [9.17, 15) is 9.59 Å². The first kappa shape index (κ1) is 24.5. The number of Topliss-reactive ketones (excluding diaryl/α,β-unsaturated/α-hetero) is 1. The number of morpholine rings is 1. The Morgan fingerprint density at radius 3 is 1.97 bits per heavy atom. The fraction of sp³-hybridized carbons (Fsp3) is 0.375. The first-order valence-electron chi connectivity index (χ1n) is 13.8. The minimum absolute atomic E-state index is 0.00749. The maximum absolute atomic E-state index is 13.7. The molecule has 3 aliphatic heterocycles. The van der Waals surface area contributed by atoms with Gasteiger partial charge in [0.15, 0.2) is 12.1 Å². The number of amides is 1. The minimum Gasteiger partial charge on any atom is -0.448 e. The fourth-order valence-corrected chi connectivity index (χ4v) is 6.78. The Hall–Kier alpha value is -3.52. The van der Waals surface area contributed by atoms with Gasteiger partial charge in [-0.25, -0.2) is 4.79 Å². The second-order valence-electron chi connectivity index (χ2n) is 10.7. The van der Waals surface area contributed by atoms with E-state index in [1.165, 1.54) is 22.3 Å². The van der Waals surface area contributed by atoms with Gasteiger partial charge in [0.25, 0.3) is 0 Å². The molecule has 4 aliphatic rings. The number of fused-ring (bicyclic) bond motifs is 5. The molecule has 2 unspecified atom stereocenters. The van der Waals surface area contributed by atoms with Crippen molar-refractivity contribution in [3.05, 3.63) is 95.1 Å². The van der Waals surface area contributed by atoms with E-state index in [2.05, 4.69) is 24.3 Å². The summed E-state index contributed by atoms with van der Waals surface area (Å²) in [5, 5.41) is 0. The third-order valence-electron chi connectivity index (χ3n) is 8.54. The van der Waals surface area contributed by atoms with Crippen molar-refractivity contribution in [1.29, 1.82) is 0 Å². The van der Waals surface area contributed by atoms with Crippen LogP contribution in [0.2, 0.25) is 0 Å². The lowest BCUT2D eigenvalue weighted by molar-refractivity contribution is -0.0749. The van der Waals surface area contributed by atoms with Crippen LogP contribution in [0.5, 0.6) is 0 Å². The van der Waals surface area contributed by atoms with E-state index in [0.717, 1.165) is 5.56 Å². The van der Waals surface area contributed by atoms with Crippen LogP contribution >= 0.6 is 0 Å². The highest BCUT2D eigenvalue weighted by molar-refractivity contribution is 5.99. The second-order valence-corrected chi connectivity index (χ2v) is 10.7. The first-order chi connectivity index (χ1) is 19.2. The lowest BCUT2D eigenvalue weighted by Gasteiger charge is -2.47. The van der Waals surface area contributed by atoms with E-state index in [0.29, 0.717) is 44.8 Å². The molecule has 0 spiro atoms. The van der Waals surface area contributed by atoms with E-state index in [4.69, 9.17) is 18.9 Å². The minimum atomic E-state index is -0.506. The number of rotatable bonds is 5. The van der Waals surface area contributed by atoms with Crippen LogP contribution < -0.4 is 0 Å². The quantitative estimate of drug-likeness (QED) is 0.419. The predicted molar refractivity (Wildman–Crippen MR) is 143 cm³/mol. The number of hydrogen-bond donors (Lipinski definition) is 0. The maximum Gasteiger partial charge on any atom is 0.410 e. The van der Waals surface area contributed by atoms with Crippen LogP contribution in [0.25, 0.3) is 11.1 Å². The van der Waals surface area contributed by atoms with Gasteiger partial charge < -0.3 is 18.9 Å². The molecule has 0 radical (unpaired) electrons. The number of benzene rings is 3. The van der Waals surface area contributed by atoms with E-state index in [-0.39, 0.29) is 42.4 Å². The summed E-state index contributed by atoms with van der Waals surface area (Å²) in [6.45, 7) is 2.13. The van der Waals surface area contributed by atoms with Crippen molar-refractivity contribution in [3.63, 3.8) is 0 Å². The standard InChI is InChI=1S/C32H31NO6/c34-30(27-11-5-6-12-28(27)31-37-13-14-38-31)20-15-21-17-36-18-22(16-20)33(21)32(35)39-19-29-25-9-3-1-7-23(25)24-8-2-4-10-26(24)29/h1-12,20-22,29,31H,13-19H2. The molecule has 1 aliphatic carbocycles. The van der Waals surface area contributed by atoms with Crippen LogP contribution in [0, 0.1) is 5.92 Å². The molecule has 3 aromatic rings. The molecule has 3 fully saturated rings. The van der Waals surface area contributed by atoms with Gasteiger partial charge in [-0.1, -0.05) is 72.8 Å². The average Bonchev–Trinajstić information content (AvgIpc) is 3.62. The molecule has 7 rings (SSSR count). The predicted octanol–water partition coefficient (Wildman–Crippen LogP) is 5.34. The summed E-state index contributed by atoms with van der Waals surface area (Å²) in [4.78, 5) is 29.1. The van der Waals surface area contributed by atoms with Crippen molar-refractivity contribution in [1.82, 2.24) is 4.90 Å². The molecular weight excluding hydrogens is 494 g/mol. The van der Waals surface area contributed by atoms with Crippen LogP contribution in [-0.2, 0) is 18.9 Å². The molecule has 39 heavy (non-hydrogen) atoms. The summed E-state index contributed by atoms with van der Waals surface area (Å²) in [5.74, 6) is -0.119. The van der Waals surface area contributed by atoms with Gasteiger partial charge in [-0.2, -0.15) is 0 Å². The Kier molecular flexibility index (Phi) is 6.43. The second kappa shape index (κ2) is 10.2. The van der Waals surface area contributed by atoms with Crippen LogP contribution in [0.1, 0.15) is 52.1 Å². The molecule has 3 aromatic carbocycles. The number of nitrogens with zero attached hydrogens (tertiary/aromatic N) is 1. The van der Waals surface area contributed by atoms with Gasteiger partial charge >= 0.3 is 6.09 Å². The zero-order valence-electron chi connectivity index (χ0n) is 21.7. The summed E-state index contributed by atoms with van der Waals surface area (Å²) in [6, 6.07) is 23.8. The highest BCUT2D eigenvalue weighted by atomic mass is 16.7. The summed E-state index contributed by atoms with van der Waals surface area (Å²) in [6.07, 6.45) is 0.253. The molecule has 0 aromatic heterocycles. The molecule has 7 nitrogen and oxygen atoms in total. The van der Waals surface area contributed by atoms with E-state index in [1.807, 2.05) is 53.4 Å². The monoisotopic (exact) mass is 525 g/mol. The van der Waals surface area contributed by atoms with Crippen LogP contribution in [0.4, 0.5) is 4.79 Å². The number of piperidine rings is 1. The number of carbonyl (C=O) groups is 2. The Balaban J connectivity index is 1.06. The van der Waals surface area contributed by atoms with Gasteiger partial charge in [0, 0.05) is 23.0 Å². The van der Waals surface area contributed by atoms with Crippen LogP contribution in [0.15, 0.2) is 72.8 Å². The van der Waals surface area contributed by atoms with E-state index >= 15 is 0 Å². The van der Waals surface area contributed by atoms with Crippen LogP contribution in [-0.4, -0.2) is 61.9 Å². The van der Waals surface area contributed by atoms with Gasteiger partial charge in [0.05, 0.1) is 38.5 Å². The Labute approximate surface area is 227 Å². The highest BCUT2D eigenvalue weighted by Crippen LogP contribution is 2.45. The molecule has 3 saturated heterocycles. The zero-order chi connectivity index (χ0) is 26.3. The van der Waals surface area contributed by atoms with Crippen LogP contribution in [0.3, 0.4) is 0 Å². The summed E-state index contributed by atoms with van der Waals surface area (Å²) < 4.78 is 23.2. The SMILES string of the molecule is O=C(c1ccccc1C1OCCO1)C1CC2COCC(C1)N2C(=O)OCC1c2ccccc2-c2ccccc21. The number of ether oxygens (including phenoxy) is 4. The molecule has 2 bridgehead atoms. The van der Waals surface area contributed by atoms with Gasteiger partial charge in [0.1, 0.15) is 6.61 Å². The largest absolute Gasteiger partial charge is 0.448 e. The Morgan fingerprint density at radius 1 is 0.769 bits per heavy atom. The van der Waals surface area contributed by atoms with Gasteiger partial charge in [-0.15, -0.1) is 0 Å². The lowest BCUT2D eigenvalue weighted by atomic mass is 9.80. The van der Waals surface area contributed by atoms with Gasteiger partial charge in [-0.05, 0) is 35.1 Å². The third kappa shape index (κ3) is 4.35. The summed E-state index contributed by atoms with van der Waals surface area (Å²) in [7, 11) is 0. The highest BCUT2D eigenvalue weighted by Gasteiger charge is 2.45. The zero-order valence-corrected chi connectivity index (χ0v) is 21.7. The van der Waals surface area contributed by atoms with Gasteiger partial charge in [0.2, 0.25) is 0 Å². The molecule has 2 atom stereocenters. The van der Waals surface area contributed by atoms with E-state index < -0.39 is 6.29 Å². The molecule has 200 valence electrons. The van der Waals surface area contributed by atoms with E-state index in [1.54, 1.807) is 0 Å². The van der Waals surface area contributed by atoms with Crippen molar-refractivity contribution in [2.75, 3.05) is 33.0 Å². The maximum atomic E-state index is 13.7. The van der Waals surface area contributed by atoms with Crippen molar-refractivity contribution in [2.24, 2.45) is 5.92 Å². The molecular formula is C32H31NO6.